The SMILES string of the molecule is C=CCOC(C)C(=O)OC(C)C(=O)NC(CC)CC. The van der Waals surface area contributed by atoms with Gasteiger partial charge in [-0.15, -0.1) is 6.58 Å². The van der Waals surface area contributed by atoms with Crippen molar-refractivity contribution in [1.29, 1.82) is 0 Å². The summed E-state index contributed by atoms with van der Waals surface area (Å²) < 4.78 is 10.2. The van der Waals surface area contributed by atoms with E-state index in [1.54, 1.807) is 19.9 Å². The average molecular weight is 271 g/mol. The molecule has 0 heterocycles. The Kier molecular flexibility index (Phi) is 8.87. The van der Waals surface area contributed by atoms with E-state index in [4.69, 9.17) is 9.47 Å². The van der Waals surface area contributed by atoms with Crippen LogP contribution in [0.15, 0.2) is 12.7 Å². The molecule has 0 aliphatic carbocycles. The van der Waals surface area contributed by atoms with E-state index in [0.717, 1.165) is 12.8 Å². The predicted octanol–water partition coefficient (Wildman–Crippen LogP) is 1.81. The monoisotopic (exact) mass is 271 g/mol. The molecule has 0 aromatic carbocycles. The van der Waals surface area contributed by atoms with Gasteiger partial charge in [0, 0.05) is 6.04 Å². The lowest BCUT2D eigenvalue weighted by Crippen LogP contribution is -2.42. The van der Waals surface area contributed by atoms with Crippen molar-refractivity contribution >= 4 is 11.9 Å². The van der Waals surface area contributed by atoms with Crippen LogP contribution in [0.25, 0.3) is 0 Å². The molecule has 2 atom stereocenters. The molecule has 0 fully saturated rings. The minimum Gasteiger partial charge on any atom is -0.451 e. The third-order valence-electron chi connectivity index (χ3n) is 2.79. The molecule has 0 saturated heterocycles. The fraction of sp³-hybridized carbons (Fsp3) is 0.714. The van der Waals surface area contributed by atoms with Crippen LogP contribution in [-0.4, -0.2) is 36.7 Å². The van der Waals surface area contributed by atoms with Gasteiger partial charge in [-0.05, 0) is 26.7 Å². The van der Waals surface area contributed by atoms with E-state index in [9.17, 15) is 9.59 Å². The molecule has 5 heteroatoms. The molecule has 0 radical (unpaired) electrons. The Morgan fingerprint density at radius 1 is 1.21 bits per heavy atom. The van der Waals surface area contributed by atoms with E-state index in [1.165, 1.54) is 0 Å². The fourth-order valence-electron chi connectivity index (χ4n) is 1.42. The van der Waals surface area contributed by atoms with Crippen LogP contribution in [0.1, 0.15) is 40.5 Å². The number of esters is 1. The first kappa shape index (κ1) is 17.6. The lowest BCUT2D eigenvalue weighted by atomic mass is 10.1. The van der Waals surface area contributed by atoms with Crippen LogP contribution in [-0.2, 0) is 19.1 Å². The molecule has 1 amide bonds. The number of nitrogens with one attached hydrogen (secondary N) is 1. The first-order valence-corrected chi connectivity index (χ1v) is 6.69. The number of carbonyl (C=O) groups excluding carboxylic acids is 2. The molecular weight excluding hydrogens is 246 g/mol. The zero-order valence-corrected chi connectivity index (χ0v) is 12.3. The predicted molar refractivity (Wildman–Crippen MR) is 73.7 cm³/mol. The summed E-state index contributed by atoms with van der Waals surface area (Å²) in [6.07, 6.45) is 1.72. The van der Waals surface area contributed by atoms with Gasteiger partial charge >= 0.3 is 5.97 Å². The lowest BCUT2D eigenvalue weighted by molar-refractivity contribution is -0.164. The maximum absolute atomic E-state index is 11.8. The maximum Gasteiger partial charge on any atom is 0.335 e. The van der Waals surface area contributed by atoms with Crippen molar-refractivity contribution in [3.05, 3.63) is 12.7 Å². The highest BCUT2D eigenvalue weighted by Gasteiger charge is 2.23. The molecule has 0 aromatic rings. The van der Waals surface area contributed by atoms with Gasteiger partial charge in [0.05, 0.1) is 6.61 Å². The highest BCUT2D eigenvalue weighted by Crippen LogP contribution is 2.02. The standard InChI is InChI=1S/C14H25NO4/c1-6-9-18-11(5)14(17)19-10(4)13(16)15-12(7-2)8-3/h6,10-12H,1,7-9H2,2-5H3,(H,15,16). The number of hydrogen-bond acceptors (Lipinski definition) is 4. The van der Waals surface area contributed by atoms with Crippen LogP contribution >= 0.6 is 0 Å². The lowest BCUT2D eigenvalue weighted by Gasteiger charge is -2.20. The Labute approximate surface area is 115 Å². The van der Waals surface area contributed by atoms with Gasteiger partial charge in [-0.3, -0.25) is 4.79 Å². The Bertz CT molecular complexity index is 300. The van der Waals surface area contributed by atoms with E-state index in [-0.39, 0.29) is 18.6 Å². The smallest absolute Gasteiger partial charge is 0.335 e. The van der Waals surface area contributed by atoms with Crippen LogP contribution in [0, 0.1) is 0 Å². The Morgan fingerprint density at radius 3 is 2.26 bits per heavy atom. The van der Waals surface area contributed by atoms with Crippen LogP contribution < -0.4 is 5.32 Å². The fourth-order valence-corrected chi connectivity index (χ4v) is 1.42. The van der Waals surface area contributed by atoms with E-state index < -0.39 is 18.2 Å². The molecule has 0 aromatic heterocycles. The average Bonchev–Trinajstić information content (AvgIpc) is 2.41. The number of rotatable bonds is 9. The normalized spacial score (nSPS) is 13.7. The van der Waals surface area contributed by atoms with Crippen LogP contribution in [0.2, 0.25) is 0 Å². The summed E-state index contributed by atoms with van der Waals surface area (Å²) in [7, 11) is 0. The third-order valence-corrected chi connectivity index (χ3v) is 2.79. The summed E-state index contributed by atoms with van der Waals surface area (Å²) in [5.41, 5.74) is 0. The molecule has 19 heavy (non-hydrogen) atoms. The molecule has 2 unspecified atom stereocenters. The van der Waals surface area contributed by atoms with E-state index in [0.29, 0.717) is 0 Å². The zero-order chi connectivity index (χ0) is 14.8. The molecular formula is C14H25NO4. The molecule has 0 aliphatic rings. The van der Waals surface area contributed by atoms with Crippen LogP contribution in [0.3, 0.4) is 0 Å². The second-order valence-corrected chi connectivity index (χ2v) is 4.37. The van der Waals surface area contributed by atoms with Crippen molar-refractivity contribution in [1.82, 2.24) is 5.32 Å². The summed E-state index contributed by atoms with van der Waals surface area (Å²) in [6.45, 7) is 10.9. The van der Waals surface area contributed by atoms with Crippen LogP contribution in [0.5, 0.6) is 0 Å². The summed E-state index contributed by atoms with van der Waals surface area (Å²) in [5.74, 6) is -0.827. The largest absolute Gasteiger partial charge is 0.451 e. The Hall–Kier alpha value is -1.36. The van der Waals surface area contributed by atoms with Crippen molar-refractivity contribution in [2.24, 2.45) is 0 Å². The van der Waals surface area contributed by atoms with Gasteiger partial charge in [-0.2, -0.15) is 0 Å². The van der Waals surface area contributed by atoms with Gasteiger partial charge in [-0.1, -0.05) is 19.9 Å². The second-order valence-electron chi connectivity index (χ2n) is 4.37. The molecule has 1 N–H and O–H groups in total. The van der Waals surface area contributed by atoms with Crippen molar-refractivity contribution < 1.29 is 19.1 Å². The highest BCUT2D eigenvalue weighted by molar-refractivity contribution is 5.84. The van der Waals surface area contributed by atoms with E-state index >= 15 is 0 Å². The van der Waals surface area contributed by atoms with Crippen molar-refractivity contribution in [3.8, 4) is 0 Å². The van der Waals surface area contributed by atoms with Crippen molar-refractivity contribution in [2.45, 2.75) is 58.8 Å². The van der Waals surface area contributed by atoms with Gasteiger partial charge in [-0.25, -0.2) is 4.79 Å². The highest BCUT2D eigenvalue weighted by atomic mass is 16.6. The molecule has 0 saturated carbocycles. The Morgan fingerprint density at radius 2 is 1.79 bits per heavy atom. The van der Waals surface area contributed by atoms with Crippen LogP contribution in [0.4, 0.5) is 0 Å². The summed E-state index contributed by atoms with van der Waals surface area (Å²) in [5, 5.41) is 2.83. The first-order valence-electron chi connectivity index (χ1n) is 6.69. The van der Waals surface area contributed by atoms with Gasteiger partial charge < -0.3 is 14.8 Å². The third kappa shape index (κ3) is 6.96. The minimum atomic E-state index is -0.817. The maximum atomic E-state index is 11.8. The van der Waals surface area contributed by atoms with Gasteiger partial charge in [0.1, 0.15) is 0 Å². The van der Waals surface area contributed by atoms with E-state index in [1.807, 2.05) is 13.8 Å². The number of amides is 1. The second kappa shape index (κ2) is 9.55. The summed E-state index contributed by atoms with van der Waals surface area (Å²) in [6, 6.07) is 0.114. The molecule has 0 rings (SSSR count). The van der Waals surface area contributed by atoms with Gasteiger partial charge in [0.25, 0.3) is 5.91 Å². The Balaban J connectivity index is 4.20. The zero-order valence-electron chi connectivity index (χ0n) is 12.3. The number of hydrogen-bond donors (Lipinski definition) is 1. The molecule has 0 bridgehead atoms. The van der Waals surface area contributed by atoms with Crippen molar-refractivity contribution in [2.75, 3.05) is 6.61 Å². The molecule has 5 nitrogen and oxygen atoms in total. The summed E-state index contributed by atoms with van der Waals surface area (Å²) >= 11 is 0. The molecule has 0 aliphatic heterocycles. The summed E-state index contributed by atoms with van der Waals surface area (Å²) in [4.78, 5) is 23.4. The molecule has 0 spiro atoms. The van der Waals surface area contributed by atoms with Gasteiger partial charge in [0.2, 0.25) is 0 Å². The van der Waals surface area contributed by atoms with Gasteiger partial charge in [0.15, 0.2) is 12.2 Å². The van der Waals surface area contributed by atoms with E-state index in [2.05, 4.69) is 11.9 Å². The quantitative estimate of drug-likeness (QED) is 0.513. The van der Waals surface area contributed by atoms with Crippen molar-refractivity contribution in [3.63, 3.8) is 0 Å². The minimum absolute atomic E-state index is 0.114. The first-order chi connectivity index (χ1) is 8.96. The topological polar surface area (TPSA) is 64.6 Å². The number of ether oxygens (including phenoxy) is 2. The number of carbonyl (C=O) groups is 2. The molecule has 110 valence electrons.